The van der Waals surface area contributed by atoms with Crippen LogP contribution in [0.1, 0.15) is 174 Å². The van der Waals surface area contributed by atoms with Gasteiger partial charge in [-0.15, -0.1) is 0 Å². The smallest absolute Gasteiger partial charge is 0.460 e. The Morgan fingerprint density at radius 1 is 0.600 bits per heavy atom. The number of hydrogen-bond acceptors (Lipinski definition) is 13. The van der Waals surface area contributed by atoms with Crippen molar-refractivity contribution in [1.82, 2.24) is 31.9 Å². The Hall–Kier alpha value is -4.76. The van der Waals surface area contributed by atoms with Crippen LogP contribution >= 0.6 is 15.9 Å². The molecule has 0 bridgehead atoms. The van der Waals surface area contributed by atoms with Crippen molar-refractivity contribution in [2.75, 3.05) is 5.33 Å². The number of alkyl carbamates (subject to hydrolysis) is 1. The average molecular weight is 1120 g/mol. The van der Waals surface area contributed by atoms with Crippen LogP contribution in [0, 0.1) is 18.3 Å². The molecule has 2 rings (SSSR count). The molecule has 1 unspecified atom stereocenters. The first-order valence-corrected chi connectivity index (χ1v) is 27.2. The molecule has 75 heavy (non-hydrogen) atoms. The summed E-state index contributed by atoms with van der Waals surface area (Å²) in [7, 11) is -0.756. The lowest BCUT2D eigenvalue weighted by Gasteiger charge is -2.34. The molecule has 1 fully saturated rings. The molecule has 21 heteroatoms. The third kappa shape index (κ3) is 23.6. The predicted molar refractivity (Wildman–Crippen MR) is 291 cm³/mol. The summed E-state index contributed by atoms with van der Waals surface area (Å²) in [6.07, 6.45) is -0.998. The first kappa shape index (κ1) is 66.4. The van der Waals surface area contributed by atoms with E-state index in [9.17, 15) is 38.4 Å². The second-order valence-electron chi connectivity index (χ2n) is 24.9. The van der Waals surface area contributed by atoms with Gasteiger partial charge in [-0.2, -0.15) is 0 Å². The molecule has 0 radical (unpaired) electrons. The summed E-state index contributed by atoms with van der Waals surface area (Å²) in [6, 6.07) is 0.358. The van der Waals surface area contributed by atoms with Gasteiger partial charge in [0.25, 0.3) is 0 Å². The van der Waals surface area contributed by atoms with Crippen LogP contribution in [-0.2, 0) is 63.5 Å². The average Bonchev–Trinajstić information content (AvgIpc) is 3.45. The largest absolute Gasteiger partial charge is 0.481 e. The van der Waals surface area contributed by atoms with Crippen molar-refractivity contribution in [3.8, 4) is 0 Å². The molecule has 0 aromatic heterocycles. The SMILES string of the molecule is Cc1ccccc1C[C@H](NC(=O)[C@H](CCC(=O)OC(C)(C)C)NC(=O)[C@H](CC(=O)OC(C)(C)C)NC(=O)OC(C)(C)C)C(=O)N[C@H](C(=O)N[C@@H](CC(C)C)C(=O)NC(CCCBr)B1OC(C)(C)C(C)(C)O1)C(C)(C)C. The maximum atomic E-state index is 14.8. The second-order valence-corrected chi connectivity index (χ2v) is 25.7. The number of ether oxygens (including phenoxy) is 3. The molecular formula is C54H90BBrN6O13. The van der Waals surface area contributed by atoms with Gasteiger partial charge in [0.2, 0.25) is 29.5 Å². The number of alkyl halides is 1. The molecule has 6 amide bonds. The maximum absolute atomic E-state index is 14.8. The fraction of sp³-hybridized carbons (Fsp3) is 0.741. The van der Waals surface area contributed by atoms with E-state index in [-0.39, 0.29) is 31.6 Å². The topological polar surface area (TPSA) is 255 Å². The molecule has 0 aliphatic carbocycles. The zero-order chi connectivity index (χ0) is 57.7. The van der Waals surface area contributed by atoms with Crippen LogP contribution in [0.15, 0.2) is 24.3 Å². The lowest BCUT2D eigenvalue weighted by atomic mass is 9.75. The Kier molecular flexibility index (Phi) is 24.4. The van der Waals surface area contributed by atoms with Crippen LogP contribution in [0.5, 0.6) is 0 Å². The van der Waals surface area contributed by atoms with E-state index in [4.69, 9.17) is 23.5 Å². The fourth-order valence-electron chi connectivity index (χ4n) is 7.73. The van der Waals surface area contributed by atoms with Gasteiger partial charge >= 0.3 is 25.2 Å². The summed E-state index contributed by atoms with van der Waals surface area (Å²) in [5.74, 6) is -5.90. The minimum atomic E-state index is -1.62. The van der Waals surface area contributed by atoms with E-state index in [0.29, 0.717) is 23.7 Å². The first-order chi connectivity index (χ1) is 34.1. The van der Waals surface area contributed by atoms with Crippen LogP contribution < -0.4 is 31.9 Å². The molecule has 1 saturated heterocycles. The van der Waals surface area contributed by atoms with E-state index in [1.165, 1.54) is 0 Å². The molecule has 1 heterocycles. The third-order valence-corrected chi connectivity index (χ3v) is 12.7. The number of hydrogen-bond donors (Lipinski definition) is 6. The Labute approximate surface area is 455 Å². The van der Waals surface area contributed by atoms with Crippen molar-refractivity contribution in [2.24, 2.45) is 11.3 Å². The van der Waals surface area contributed by atoms with E-state index in [1.54, 1.807) is 95.2 Å². The first-order valence-electron chi connectivity index (χ1n) is 26.0. The van der Waals surface area contributed by atoms with Crippen LogP contribution in [0.2, 0.25) is 0 Å². The van der Waals surface area contributed by atoms with E-state index in [0.717, 1.165) is 5.56 Å². The predicted octanol–water partition coefficient (Wildman–Crippen LogP) is 6.61. The number of aryl methyl sites for hydroxylation is 1. The van der Waals surface area contributed by atoms with Crippen molar-refractivity contribution in [3.05, 3.63) is 35.4 Å². The van der Waals surface area contributed by atoms with Gasteiger partial charge < -0.3 is 55.4 Å². The molecule has 6 atom stereocenters. The number of carbonyl (C=O) groups excluding carboxylic acids is 8. The molecule has 1 aromatic rings. The standard InChI is InChI=1S/C54H90BBrN6O13/c1-32(2)29-36(45(67)61-39(25-22-28-56)55-74-53(16,17)54(18,19)75-55)59-47(69)42(49(4,5)6)62-46(68)37(30-34-24-21-20-23-33(34)3)58-43(65)35(26-27-40(63)71-50(7,8)9)57-44(66)38(31-41(64)72-51(10,11)12)60-48(70)73-52(13,14)15/h20-21,23-24,32,35-39,42H,22,25-31H2,1-19H3,(H,57,66)(H,58,65)(H,59,69)(H,60,70)(H,61,67)(H,62,68)/t35-,36-,37-,38-,39?,42+/m0/s1. The molecule has 0 saturated carbocycles. The third-order valence-electron chi connectivity index (χ3n) is 12.1. The zero-order valence-corrected chi connectivity index (χ0v) is 49.9. The minimum absolute atomic E-state index is 0.0419. The Balaban J connectivity index is 2.61. The van der Waals surface area contributed by atoms with E-state index < -0.39 is 131 Å². The molecule has 1 aliphatic heterocycles. The quantitative estimate of drug-likeness (QED) is 0.0276. The monoisotopic (exact) mass is 1120 g/mol. The highest BCUT2D eigenvalue weighted by Crippen LogP contribution is 2.38. The Morgan fingerprint density at radius 2 is 1.08 bits per heavy atom. The molecule has 19 nitrogen and oxygen atoms in total. The summed E-state index contributed by atoms with van der Waals surface area (Å²) in [4.78, 5) is 112. The summed E-state index contributed by atoms with van der Waals surface area (Å²) in [5, 5.41) is 17.3. The maximum Gasteiger partial charge on any atom is 0.481 e. The van der Waals surface area contributed by atoms with E-state index in [1.807, 2.05) is 60.6 Å². The van der Waals surface area contributed by atoms with E-state index >= 15 is 0 Å². The molecule has 424 valence electrons. The highest BCUT2D eigenvalue weighted by atomic mass is 79.9. The van der Waals surface area contributed by atoms with Gasteiger partial charge in [0.15, 0.2) is 0 Å². The van der Waals surface area contributed by atoms with Gasteiger partial charge in [-0.3, -0.25) is 33.6 Å². The number of nitrogens with one attached hydrogen (secondary N) is 6. The summed E-state index contributed by atoms with van der Waals surface area (Å²) < 4.78 is 29.0. The van der Waals surface area contributed by atoms with Gasteiger partial charge in [0.1, 0.15) is 47.0 Å². The summed E-state index contributed by atoms with van der Waals surface area (Å²) in [5.41, 5.74) is -3.62. The molecule has 6 N–H and O–H groups in total. The van der Waals surface area contributed by atoms with Crippen LogP contribution in [-0.4, -0.2) is 124 Å². The summed E-state index contributed by atoms with van der Waals surface area (Å²) in [6.45, 7) is 33.4. The van der Waals surface area contributed by atoms with Crippen LogP contribution in [0.4, 0.5) is 4.79 Å². The van der Waals surface area contributed by atoms with E-state index in [2.05, 4.69) is 47.8 Å². The van der Waals surface area contributed by atoms with Gasteiger partial charge in [0.05, 0.1) is 23.6 Å². The lowest BCUT2D eigenvalue weighted by Crippen LogP contribution is -2.62. The second kappa shape index (κ2) is 27.5. The van der Waals surface area contributed by atoms with Crippen LogP contribution in [0.3, 0.4) is 0 Å². The van der Waals surface area contributed by atoms with Crippen molar-refractivity contribution in [1.29, 1.82) is 0 Å². The number of benzene rings is 1. The Bertz CT molecular complexity index is 2100. The van der Waals surface area contributed by atoms with Gasteiger partial charge in [-0.25, -0.2) is 4.79 Å². The molecule has 1 aromatic carbocycles. The normalized spacial score (nSPS) is 17.0. The van der Waals surface area contributed by atoms with Crippen molar-refractivity contribution >= 4 is 70.6 Å². The molecule has 0 spiro atoms. The van der Waals surface area contributed by atoms with Gasteiger partial charge in [-0.1, -0.05) is 74.8 Å². The highest BCUT2D eigenvalue weighted by Gasteiger charge is 2.54. The number of halogens is 1. The van der Waals surface area contributed by atoms with Crippen molar-refractivity contribution in [3.63, 3.8) is 0 Å². The van der Waals surface area contributed by atoms with Gasteiger partial charge in [0, 0.05) is 18.2 Å². The summed E-state index contributed by atoms with van der Waals surface area (Å²) >= 11 is 3.49. The highest BCUT2D eigenvalue weighted by molar-refractivity contribution is 9.09. The number of esters is 2. The number of carbonyl (C=O) groups is 8. The minimum Gasteiger partial charge on any atom is -0.460 e. The Morgan fingerprint density at radius 3 is 1.59 bits per heavy atom. The number of amides is 6. The van der Waals surface area contributed by atoms with Crippen molar-refractivity contribution in [2.45, 2.75) is 241 Å². The van der Waals surface area contributed by atoms with Gasteiger partial charge in [-0.05, 0) is 145 Å². The fourth-order valence-corrected chi connectivity index (χ4v) is 8.05. The zero-order valence-electron chi connectivity index (χ0n) is 48.3. The number of rotatable bonds is 24. The lowest BCUT2D eigenvalue weighted by molar-refractivity contribution is -0.156. The molecular weight excluding hydrogens is 1030 g/mol. The van der Waals surface area contributed by atoms with Crippen LogP contribution in [0.25, 0.3) is 0 Å². The van der Waals surface area contributed by atoms with Crippen molar-refractivity contribution < 1.29 is 61.9 Å². The molecule has 1 aliphatic rings.